The molecule has 0 atom stereocenters. The summed E-state index contributed by atoms with van der Waals surface area (Å²) in [5.41, 5.74) is 9.02. The third-order valence-corrected chi connectivity index (χ3v) is 8.26. The number of nitrogens with zero attached hydrogens (tertiary/aromatic N) is 12. The molecule has 0 saturated heterocycles. The molecule has 0 aromatic carbocycles. The topological polar surface area (TPSA) is 155 Å². The quantitative estimate of drug-likeness (QED) is 0.195. The van der Waals surface area contributed by atoms with Gasteiger partial charge in [0.2, 0.25) is 0 Å². The van der Waals surface area contributed by atoms with Crippen molar-refractivity contribution in [1.82, 2.24) is 60.0 Å². The molecule has 0 amide bonds. The largest absolute Gasteiger partial charge is 0.256 e. The predicted molar refractivity (Wildman–Crippen MR) is 174 cm³/mol. The number of rotatable bonds is 7. The molecular formula is C32H18N12S2. The molecule has 8 heterocycles. The second-order valence-corrected chi connectivity index (χ2v) is 11.3. The minimum atomic E-state index is 0.411. The predicted octanol–water partition coefficient (Wildman–Crippen LogP) is 6.22. The molecule has 0 radical (unpaired) electrons. The maximum absolute atomic E-state index is 4.76. The Morgan fingerprint density at radius 3 is 2.11 bits per heavy atom. The van der Waals surface area contributed by atoms with Gasteiger partial charge in [0.1, 0.15) is 27.8 Å². The lowest BCUT2D eigenvalue weighted by molar-refractivity contribution is 1.01. The van der Waals surface area contributed by atoms with Gasteiger partial charge in [0.05, 0.1) is 34.4 Å². The summed E-state index contributed by atoms with van der Waals surface area (Å²) < 4.78 is 0. The molecule has 0 N–H and O–H groups in total. The van der Waals surface area contributed by atoms with Crippen LogP contribution >= 0.6 is 22.7 Å². The Hall–Kier alpha value is -6.12. The van der Waals surface area contributed by atoms with Crippen molar-refractivity contribution in [2.45, 2.75) is 0 Å². The Morgan fingerprint density at radius 2 is 1.30 bits per heavy atom. The minimum absolute atomic E-state index is 0.411. The van der Waals surface area contributed by atoms with E-state index in [4.69, 9.17) is 15.0 Å². The van der Waals surface area contributed by atoms with E-state index >= 15 is 0 Å². The molecule has 8 rings (SSSR count). The van der Waals surface area contributed by atoms with Crippen LogP contribution in [0.5, 0.6) is 0 Å². The third-order valence-electron chi connectivity index (χ3n) is 6.80. The van der Waals surface area contributed by atoms with Gasteiger partial charge in [-0.3, -0.25) is 9.97 Å². The zero-order valence-corrected chi connectivity index (χ0v) is 25.2. The smallest absolute Gasteiger partial charge is 0.180 e. The fourth-order valence-corrected chi connectivity index (χ4v) is 5.99. The highest BCUT2D eigenvalue weighted by Crippen LogP contribution is 2.33. The molecule has 12 nitrogen and oxygen atoms in total. The van der Waals surface area contributed by atoms with Gasteiger partial charge < -0.3 is 0 Å². The molecular weight excluding hydrogens is 617 g/mol. The van der Waals surface area contributed by atoms with Crippen molar-refractivity contribution in [2.24, 2.45) is 0 Å². The fourth-order valence-electron chi connectivity index (χ4n) is 4.60. The van der Waals surface area contributed by atoms with E-state index in [0.29, 0.717) is 45.8 Å². The molecule has 0 aliphatic carbocycles. The Bertz CT molecular complexity index is 2270. The zero-order valence-electron chi connectivity index (χ0n) is 23.6. The van der Waals surface area contributed by atoms with Gasteiger partial charge in [-0.25, -0.2) is 39.9 Å². The summed E-state index contributed by atoms with van der Waals surface area (Å²) in [6.45, 7) is 0. The van der Waals surface area contributed by atoms with Crippen molar-refractivity contribution in [3.05, 3.63) is 108 Å². The van der Waals surface area contributed by atoms with Crippen molar-refractivity contribution in [1.29, 1.82) is 0 Å². The van der Waals surface area contributed by atoms with Crippen LogP contribution in [0.4, 0.5) is 0 Å². The summed E-state index contributed by atoms with van der Waals surface area (Å²) in [5, 5.41) is 13.1. The van der Waals surface area contributed by atoms with Crippen LogP contribution in [0.15, 0.2) is 108 Å². The second kappa shape index (κ2) is 12.1. The lowest BCUT2D eigenvalue weighted by Gasteiger charge is -2.07. The van der Waals surface area contributed by atoms with E-state index in [0.717, 1.165) is 33.2 Å². The van der Waals surface area contributed by atoms with Crippen LogP contribution in [0.25, 0.3) is 79.0 Å². The first-order valence-corrected chi connectivity index (χ1v) is 15.6. The second-order valence-electron chi connectivity index (χ2n) is 9.68. The molecule has 0 bridgehead atoms. The Balaban J connectivity index is 1.07. The molecule has 8 aromatic rings. The Kier molecular flexibility index (Phi) is 7.22. The highest BCUT2D eigenvalue weighted by molar-refractivity contribution is 7.13. The lowest BCUT2D eigenvalue weighted by atomic mass is 10.1. The molecule has 0 unspecified atom stereocenters. The Labute approximate surface area is 269 Å². The first kappa shape index (κ1) is 27.4. The summed E-state index contributed by atoms with van der Waals surface area (Å²) in [5.74, 6) is 1.34. The van der Waals surface area contributed by atoms with E-state index < -0.39 is 0 Å². The van der Waals surface area contributed by atoms with Gasteiger partial charge in [-0.1, -0.05) is 6.07 Å². The van der Waals surface area contributed by atoms with E-state index in [1.54, 1.807) is 61.0 Å². The summed E-state index contributed by atoms with van der Waals surface area (Å²) in [4.78, 5) is 45.6. The maximum atomic E-state index is 4.76. The highest BCUT2D eigenvalue weighted by atomic mass is 32.1. The van der Waals surface area contributed by atoms with Gasteiger partial charge >= 0.3 is 0 Å². The standard InChI is InChI=1S/C32H18N12S2/c1-2-8-33-22(3-1)19-4-9-34-25(13-19)30-36-11-7-24(42-30)23-6-10-35-29(41-23)20-14-37-31(38-15-20)28-21(5-12-40-44-28)32-43-27(17-46-32)26-16-45-18-39-26/h1-18H. The molecule has 0 saturated carbocycles. The van der Waals surface area contributed by atoms with E-state index in [1.807, 2.05) is 47.2 Å². The molecule has 14 heteroatoms. The van der Waals surface area contributed by atoms with Crippen LogP contribution in [0.1, 0.15) is 0 Å². The van der Waals surface area contributed by atoms with Crippen molar-refractivity contribution in [3.63, 3.8) is 0 Å². The van der Waals surface area contributed by atoms with Gasteiger partial charge in [-0.05, 0) is 42.5 Å². The van der Waals surface area contributed by atoms with E-state index in [9.17, 15) is 0 Å². The normalized spacial score (nSPS) is 11.0. The SMILES string of the molecule is c1ccc(-c2ccnc(-c3nccc(-c4ccnc(-c5cnc(-c6nnccc6-c6nc(-c7cscn7)cs6)nc5)n4)n3)c2)nc1. The monoisotopic (exact) mass is 634 g/mol. The average molecular weight is 635 g/mol. The van der Waals surface area contributed by atoms with E-state index in [1.165, 1.54) is 22.7 Å². The number of hydrogen-bond acceptors (Lipinski definition) is 14. The van der Waals surface area contributed by atoms with E-state index in [-0.39, 0.29) is 0 Å². The summed E-state index contributed by atoms with van der Waals surface area (Å²) in [7, 11) is 0. The molecule has 46 heavy (non-hydrogen) atoms. The van der Waals surface area contributed by atoms with Gasteiger partial charge in [0, 0.05) is 59.1 Å². The number of pyridine rings is 2. The average Bonchev–Trinajstić information content (AvgIpc) is 3.86. The van der Waals surface area contributed by atoms with Gasteiger partial charge in [-0.15, -0.1) is 27.8 Å². The van der Waals surface area contributed by atoms with Crippen LogP contribution in [0.3, 0.4) is 0 Å². The molecule has 0 aliphatic rings. The molecule has 0 fully saturated rings. The van der Waals surface area contributed by atoms with Gasteiger partial charge in [0.15, 0.2) is 17.5 Å². The first-order valence-electron chi connectivity index (χ1n) is 13.8. The number of aromatic nitrogens is 12. The van der Waals surface area contributed by atoms with Gasteiger partial charge in [0.25, 0.3) is 0 Å². The van der Waals surface area contributed by atoms with Crippen molar-refractivity contribution in [3.8, 4) is 79.0 Å². The summed E-state index contributed by atoms with van der Waals surface area (Å²) in [6, 6.07) is 15.0. The summed E-state index contributed by atoms with van der Waals surface area (Å²) in [6.07, 6.45) is 11.8. The van der Waals surface area contributed by atoms with Crippen LogP contribution in [0, 0.1) is 0 Å². The van der Waals surface area contributed by atoms with Gasteiger partial charge in [-0.2, -0.15) is 5.10 Å². The molecule has 0 aliphatic heterocycles. The lowest BCUT2D eigenvalue weighted by Crippen LogP contribution is -1.99. The molecule has 0 spiro atoms. The number of thiazole rings is 2. The zero-order chi connectivity index (χ0) is 30.7. The third kappa shape index (κ3) is 5.49. The highest BCUT2D eigenvalue weighted by Gasteiger charge is 2.17. The minimum Gasteiger partial charge on any atom is -0.256 e. The van der Waals surface area contributed by atoms with Crippen molar-refractivity contribution >= 4 is 22.7 Å². The van der Waals surface area contributed by atoms with Crippen LogP contribution < -0.4 is 0 Å². The van der Waals surface area contributed by atoms with Crippen molar-refractivity contribution in [2.75, 3.05) is 0 Å². The maximum Gasteiger partial charge on any atom is 0.180 e. The fraction of sp³-hybridized carbons (Fsp3) is 0. The van der Waals surface area contributed by atoms with Crippen molar-refractivity contribution < 1.29 is 0 Å². The summed E-state index contributed by atoms with van der Waals surface area (Å²) >= 11 is 3.03. The Morgan fingerprint density at radius 1 is 0.500 bits per heavy atom. The first-order chi connectivity index (χ1) is 22.8. The van der Waals surface area contributed by atoms with E-state index in [2.05, 4.69) is 45.1 Å². The number of hydrogen-bond donors (Lipinski definition) is 0. The van der Waals surface area contributed by atoms with Crippen LogP contribution in [-0.4, -0.2) is 60.0 Å². The van der Waals surface area contributed by atoms with Crippen LogP contribution in [-0.2, 0) is 0 Å². The molecule has 218 valence electrons. The van der Waals surface area contributed by atoms with Crippen LogP contribution in [0.2, 0.25) is 0 Å². The molecule has 8 aromatic heterocycles.